The molecule has 1 amide bonds. The van der Waals surface area contributed by atoms with Gasteiger partial charge in [0.15, 0.2) is 0 Å². The maximum atomic E-state index is 12.0. The van der Waals surface area contributed by atoms with Gasteiger partial charge in [-0.2, -0.15) is 0 Å². The normalized spacial score (nSPS) is 13.1. The summed E-state index contributed by atoms with van der Waals surface area (Å²) in [6, 6.07) is 7.30. The van der Waals surface area contributed by atoms with Crippen LogP contribution in [0.1, 0.15) is 27.3 Å². The molecule has 1 N–H and O–H groups in total. The van der Waals surface area contributed by atoms with Gasteiger partial charge in [-0.05, 0) is 30.7 Å². The first-order valence-electron chi connectivity index (χ1n) is 7.42. The number of pyridine rings is 1. The fraction of sp³-hybridized carbons (Fsp3) is 0.235. The number of methoxy groups -OCH3 is 1. The Bertz CT molecular complexity index is 769. The molecule has 2 heterocycles. The molecule has 1 aromatic heterocycles. The van der Waals surface area contributed by atoms with E-state index < -0.39 is 5.97 Å². The topological polar surface area (TPSA) is 89.0 Å². The van der Waals surface area contributed by atoms with Gasteiger partial charge in [-0.3, -0.25) is 4.79 Å². The number of nitrogens with zero attached hydrogens (tertiary/aromatic N) is 2. The van der Waals surface area contributed by atoms with Crippen LogP contribution in [0.4, 0.5) is 0 Å². The molecule has 0 radical (unpaired) electrons. The Hall–Kier alpha value is -3.09. The molecule has 124 valence electrons. The van der Waals surface area contributed by atoms with Gasteiger partial charge in [0.25, 0.3) is 5.91 Å². The van der Waals surface area contributed by atoms with Gasteiger partial charge in [0.2, 0.25) is 0 Å². The van der Waals surface area contributed by atoms with Crippen molar-refractivity contribution in [1.29, 1.82) is 0 Å². The highest BCUT2D eigenvalue weighted by Gasteiger charge is 2.22. The average molecular weight is 328 g/mol. The number of rotatable bonds is 4. The van der Waals surface area contributed by atoms with Crippen LogP contribution in [-0.4, -0.2) is 47.1 Å². The van der Waals surface area contributed by atoms with Gasteiger partial charge in [0.05, 0.1) is 18.9 Å². The third-order valence-corrected chi connectivity index (χ3v) is 3.65. The van der Waals surface area contributed by atoms with E-state index in [9.17, 15) is 14.7 Å². The van der Waals surface area contributed by atoms with Crippen molar-refractivity contribution in [2.24, 2.45) is 0 Å². The van der Waals surface area contributed by atoms with Crippen molar-refractivity contribution in [3.05, 3.63) is 47.8 Å². The summed E-state index contributed by atoms with van der Waals surface area (Å²) < 4.78 is 10.2. The Balaban J connectivity index is 1.75. The monoisotopic (exact) mass is 328 g/mol. The van der Waals surface area contributed by atoms with E-state index in [4.69, 9.17) is 4.74 Å². The second-order valence-corrected chi connectivity index (χ2v) is 5.33. The van der Waals surface area contributed by atoms with Crippen LogP contribution in [0.3, 0.4) is 0 Å². The number of carbonyl (C=O) groups is 2. The van der Waals surface area contributed by atoms with Gasteiger partial charge in [0.1, 0.15) is 22.9 Å². The maximum Gasteiger partial charge on any atom is 0.338 e. The van der Waals surface area contributed by atoms with Gasteiger partial charge >= 0.3 is 5.97 Å². The Labute approximate surface area is 138 Å². The summed E-state index contributed by atoms with van der Waals surface area (Å²) >= 11 is 0. The number of esters is 1. The predicted octanol–water partition coefficient (Wildman–Crippen LogP) is 2.21. The molecular formula is C17H16N2O5. The Morgan fingerprint density at radius 2 is 1.96 bits per heavy atom. The smallest absolute Gasteiger partial charge is 0.338 e. The quantitative estimate of drug-likeness (QED) is 0.866. The number of phenolic OH excluding ortho intramolecular Hbond substituents is 1. The standard InChI is InChI=1S/C17H16N2O5/c1-23-17(22)11-7-12(20)9-14(8-11)24-13-3-4-15(18-10-13)16(21)19-5-2-6-19/h3-4,7-10,20H,2,5-6H2,1H3. The van der Waals surface area contributed by atoms with Crippen molar-refractivity contribution in [3.63, 3.8) is 0 Å². The zero-order chi connectivity index (χ0) is 17.1. The molecule has 0 saturated carbocycles. The minimum Gasteiger partial charge on any atom is -0.508 e. The summed E-state index contributed by atoms with van der Waals surface area (Å²) in [6.45, 7) is 1.52. The first-order valence-corrected chi connectivity index (χ1v) is 7.42. The van der Waals surface area contributed by atoms with E-state index in [1.54, 1.807) is 17.0 Å². The molecule has 0 bridgehead atoms. The van der Waals surface area contributed by atoms with Crippen LogP contribution in [0.15, 0.2) is 36.5 Å². The molecule has 1 fully saturated rings. The molecule has 24 heavy (non-hydrogen) atoms. The van der Waals surface area contributed by atoms with E-state index in [0.717, 1.165) is 19.5 Å². The molecule has 7 nitrogen and oxygen atoms in total. The highest BCUT2D eigenvalue weighted by Crippen LogP contribution is 2.27. The molecule has 7 heteroatoms. The van der Waals surface area contributed by atoms with Crippen LogP contribution in [0.25, 0.3) is 0 Å². The number of aromatic hydroxyl groups is 1. The lowest BCUT2D eigenvalue weighted by atomic mass is 10.2. The molecule has 1 saturated heterocycles. The average Bonchev–Trinajstić information content (AvgIpc) is 2.52. The van der Waals surface area contributed by atoms with Crippen LogP contribution in [0.2, 0.25) is 0 Å². The number of benzene rings is 1. The highest BCUT2D eigenvalue weighted by atomic mass is 16.5. The van der Waals surface area contributed by atoms with Crippen molar-refractivity contribution in [2.75, 3.05) is 20.2 Å². The molecule has 1 aromatic carbocycles. The summed E-state index contributed by atoms with van der Waals surface area (Å²) in [5.74, 6) is -0.150. The summed E-state index contributed by atoms with van der Waals surface area (Å²) in [7, 11) is 1.25. The second-order valence-electron chi connectivity index (χ2n) is 5.33. The van der Waals surface area contributed by atoms with Crippen molar-refractivity contribution in [3.8, 4) is 17.2 Å². The number of likely N-dealkylation sites (tertiary alicyclic amines) is 1. The van der Waals surface area contributed by atoms with Crippen molar-refractivity contribution in [1.82, 2.24) is 9.88 Å². The predicted molar refractivity (Wildman–Crippen MR) is 84.3 cm³/mol. The molecule has 0 atom stereocenters. The van der Waals surface area contributed by atoms with Crippen LogP contribution >= 0.6 is 0 Å². The Morgan fingerprint density at radius 1 is 1.17 bits per heavy atom. The summed E-state index contributed by atoms with van der Waals surface area (Å²) in [6.07, 6.45) is 2.45. The first-order chi connectivity index (χ1) is 11.6. The molecule has 0 aliphatic carbocycles. The van der Waals surface area contributed by atoms with Crippen molar-refractivity contribution >= 4 is 11.9 Å². The van der Waals surface area contributed by atoms with Gasteiger partial charge in [-0.1, -0.05) is 0 Å². The summed E-state index contributed by atoms with van der Waals surface area (Å²) in [5, 5.41) is 9.67. The fourth-order valence-electron chi connectivity index (χ4n) is 2.26. The minimum atomic E-state index is -0.579. The minimum absolute atomic E-state index is 0.0990. The number of carbonyl (C=O) groups excluding carboxylic acids is 2. The van der Waals surface area contributed by atoms with E-state index in [2.05, 4.69) is 9.72 Å². The van der Waals surface area contributed by atoms with Crippen molar-refractivity contribution in [2.45, 2.75) is 6.42 Å². The van der Waals surface area contributed by atoms with Crippen molar-refractivity contribution < 1.29 is 24.2 Å². The molecule has 1 aliphatic rings. The summed E-state index contributed by atoms with van der Waals surface area (Å²) in [4.78, 5) is 29.4. The maximum absolute atomic E-state index is 12.0. The highest BCUT2D eigenvalue weighted by molar-refractivity contribution is 5.92. The van der Waals surface area contributed by atoms with Crippen LogP contribution in [0, 0.1) is 0 Å². The molecule has 3 rings (SSSR count). The number of hydrogen-bond acceptors (Lipinski definition) is 6. The lowest BCUT2D eigenvalue weighted by Crippen LogP contribution is -2.42. The molecule has 0 spiro atoms. The molecule has 0 unspecified atom stereocenters. The largest absolute Gasteiger partial charge is 0.508 e. The second kappa shape index (κ2) is 6.57. The lowest BCUT2D eigenvalue weighted by molar-refractivity contribution is 0.0598. The third-order valence-electron chi connectivity index (χ3n) is 3.65. The van der Waals surface area contributed by atoms with Gasteiger partial charge in [-0.25, -0.2) is 9.78 Å². The zero-order valence-electron chi connectivity index (χ0n) is 13.1. The van der Waals surface area contributed by atoms with Crippen LogP contribution in [0.5, 0.6) is 17.2 Å². The SMILES string of the molecule is COC(=O)c1cc(O)cc(Oc2ccc(C(=O)N3CCC3)nc2)c1. The van der Waals surface area contributed by atoms with Gasteiger partial charge in [0, 0.05) is 19.2 Å². The van der Waals surface area contributed by atoms with Crippen LogP contribution < -0.4 is 4.74 Å². The number of aromatic nitrogens is 1. The van der Waals surface area contributed by atoms with Crippen LogP contribution in [-0.2, 0) is 4.74 Å². The molecule has 1 aliphatic heterocycles. The number of hydrogen-bond donors (Lipinski definition) is 1. The fourth-order valence-corrected chi connectivity index (χ4v) is 2.26. The van der Waals surface area contributed by atoms with E-state index in [1.165, 1.54) is 31.5 Å². The molecular weight excluding hydrogens is 312 g/mol. The van der Waals surface area contributed by atoms with E-state index in [-0.39, 0.29) is 23.0 Å². The first kappa shape index (κ1) is 15.8. The third kappa shape index (κ3) is 3.29. The van der Waals surface area contributed by atoms with E-state index >= 15 is 0 Å². The number of ether oxygens (including phenoxy) is 2. The number of amides is 1. The summed E-state index contributed by atoms with van der Waals surface area (Å²) in [5.41, 5.74) is 0.526. The molecule has 2 aromatic rings. The Kier molecular flexibility index (Phi) is 4.33. The van der Waals surface area contributed by atoms with E-state index in [0.29, 0.717) is 11.4 Å². The lowest BCUT2D eigenvalue weighted by Gasteiger charge is -2.30. The van der Waals surface area contributed by atoms with E-state index in [1.807, 2.05) is 0 Å². The zero-order valence-corrected chi connectivity index (χ0v) is 13.1. The van der Waals surface area contributed by atoms with Gasteiger partial charge < -0.3 is 19.5 Å². The Morgan fingerprint density at radius 3 is 2.54 bits per heavy atom. The van der Waals surface area contributed by atoms with Gasteiger partial charge in [-0.15, -0.1) is 0 Å². The number of phenols is 1.